The molecule has 0 saturated heterocycles. The zero-order chi connectivity index (χ0) is 21.4. The van der Waals surface area contributed by atoms with Gasteiger partial charge in [-0.25, -0.2) is 4.79 Å². The summed E-state index contributed by atoms with van der Waals surface area (Å²) in [6.07, 6.45) is -0.490. The van der Waals surface area contributed by atoms with Crippen LogP contribution in [-0.2, 0) is 4.79 Å². The number of benzene rings is 3. The number of anilines is 2. The highest BCUT2D eigenvalue weighted by Crippen LogP contribution is 2.41. The minimum Gasteiger partial charge on any atom is -0.482 e. The molecule has 3 aromatic rings. The molecule has 8 heteroatoms. The molecular weight excluding hydrogens is 400 g/mol. The summed E-state index contributed by atoms with van der Waals surface area (Å²) in [7, 11) is 0. The average molecular weight is 418 g/mol. The van der Waals surface area contributed by atoms with Crippen LogP contribution >= 0.6 is 0 Å². The topological polar surface area (TPSA) is 97.3 Å². The second-order valence-corrected chi connectivity index (χ2v) is 7.06. The number of aliphatic carboxylic acids is 1. The Labute approximate surface area is 177 Å². The predicted octanol–water partition coefficient (Wildman–Crippen LogP) is 3.65. The molecular formula is C23H18N2O6. The monoisotopic (exact) mass is 418 g/mol. The Morgan fingerprint density at radius 1 is 1.06 bits per heavy atom. The first-order valence-corrected chi connectivity index (χ1v) is 9.63. The number of ether oxygens (including phenoxy) is 3. The van der Waals surface area contributed by atoms with Gasteiger partial charge in [0.25, 0.3) is 5.91 Å². The fraction of sp³-hybridized carbons (Fsp3) is 0.130. The van der Waals surface area contributed by atoms with Gasteiger partial charge in [0.05, 0.1) is 11.3 Å². The first-order chi connectivity index (χ1) is 15.1. The fourth-order valence-electron chi connectivity index (χ4n) is 3.68. The van der Waals surface area contributed by atoms with Crippen molar-refractivity contribution in [1.29, 1.82) is 0 Å². The van der Waals surface area contributed by atoms with E-state index in [4.69, 9.17) is 19.3 Å². The lowest BCUT2D eigenvalue weighted by molar-refractivity contribution is -0.139. The Balaban J connectivity index is 1.53. The van der Waals surface area contributed by atoms with Crippen molar-refractivity contribution in [2.24, 2.45) is 0 Å². The summed E-state index contributed by atoms with van der Waals surface area (Å²) in [5.41, 5.74) is 2.77. The number of carbonyl (C=O) groups excluding carboxylic acids is 1. The maximum absolute atomic E-state index is 13.5. The van der Waals surface area contributed by atoms with Gasteiger partial charge in [0, 0.05) is 11.8 Å². The van der Waals surface area contributed by atoms with Gasteiger partial charge in [0.1, 0.15) is 11.9 Å². The van der Waals surface area contributed by atoms with Gasteiger partial charge in [0.2, 0.25) is 6.79 Å². The number of nitrogens with zero attached hydrogens (tertiary/aromatic N) is 1. The third-order valence-electron chi connectivity index (χ3n) is 5.12. The molecule has 1 unspecified atom stereocenters. The third-order valence-corrected chi connectivity index (χ3v) is 5.12. The highest BCUT2D eigenvalue weighted by Gasteiger charge is 2.34. The highest BCUT2D eigenvalue weighted by atomic mass is 16.7. The summed E-state index contributed by atoms with van der Waals surface area (Å²) in [5.74, 6) is 0.459. The van der Waals surface area contributed by atoms with Crippen LogP contribution < -0.4 is 24.4 Å². The first-order valence-electron chi connectivity index (χ1n) is 9.63. The molecule has 1 atom stereocenters. The second-order valence-electron chi connectivity index (χ2n) is 7.06. The van der Waals surface area contributed by atoms with Crippen molar-refractivity contribution in [1.82, 2.24) is 0 Å². The highest BCUT2D eigenvalue weighted by molar-refractivity contribution is 6.12. The van der Waals surface area contributed by atoms with Crippen molar-refractivity contribution in [3.05, 3.63) is 77.9 Å². The number of rotatable bonds is 5. The molecule has 2 aliphatic heterocycles. The SMILES string of the molecule is O=C(O)COc1ccc(C2Nc3ccccc3C(=O)N2c2ccc3c(c2)OCO3)cc1. The molecule has 2 heterocycles. The number of nitrogens with one attached hydrogen (secondary N) is 1. The Hall–Kier alpha value is -4.20. The predicted molar refractivity (Wildman–Crippen MR) is 112 cm³/mol. The van der Waals surface area contributed by atoms with Crippen molar-refractivity contribution in [2.45, 2.75) is 6.17 Å². The average Bonchev–Trinajstić information content (AvgIpc) is 3.26. The van der Waals surface area contributed by atoms with E-state index in [9.17, 15) is 9.59 Å². The Bertz CT molecular complexity index is 1160. The molecule has 2 aliphatic rings. The zero-order valence-corrected chi connectivity index (χ0v) is 16.3. The lowest BCUT2D eigenvalue weighted by Crippen LogP contribution is -2.43. The summed E-state index contributed by atoms with van der Waals surface area (Å²) in [5, 5.41) is 12.2. The number of carbonyl (C=O) groups is 2. The summed E-state index contributed by atoms with van der Waals surface area (Å²) < 4.78 is 16.1. The maximum atomic E-state index is 13.5. The minimum atomic E-state index is -1.05. The van der Waals surface area contributed by atoms with Gasteiger partial charge < -0.3 is 24.6 Å². The second kappa shape index (κ2) is 7.56. The van der Waals surface area contributed by atoms with E-state index in [1.807, 2.05) is 24.3 Å². The molecule has 1 amide bonds. The molecule has 156 valence electrons. The van der Waals surface area contributed by atoms with Crippen LogP contribution in [0.15, 0.2) is 66.7 Å². The number of para-hydroxylation sites is 1. The lowest BCUT2D eigenvalue weighted by atomic mass is 10.0. The van der Waals surface area contributed by atoms with Gasteiger partial charge >= 0.3 is 5.97 Å². The molecule has 0 radical (unpaired) electrons. The first kappa shape index (κ1) is 18.8. The van der Waals surface area contributed by atoms with Crippen molar-refractivity contribution >= 4 is 23.3 Å². The molecule has 0 bridgehead atoms. The van der Waals surface area contributed by atoms with E-state index in [-0.39, 0.29) is 12.7 Å². The van der Waals surface area contributed by atoms with E-state index >= 15 is 0 Å². The van der Waals surface area contributed by atoms with Gasteiger partial charge in [-0.2, -0.15) is 0 Å². The standard InChI is InChI=1S/C23H18N2O6/c26-21(27)12-29-16-8-5-14(6-9-16)22-24-18-4-2-1-3-17(18)23(28)25(22)15-7-10-19-20(11-15)31-13-30-19/h1-11,22,24H,12-13H2,(H,26,27). The van der Waals surface area contributed by atoms with Gasteiger partial charge in [0.15, 0.2) is 18.1 Å². The van der Waals surface area contributed by atoms with Crippen molar-refractivity contribution in [3.8, 4) is 17.2 Å². The van der Waals surface area contributed by atoms with Crippen molar-refractivity contribution in [3.63, 3.8) is 0 Å². The smallest absolute Gasteiger partial charge is 0.341 e. The number of hydrogen-bond donors (Lipinski definition) is 2. The van der Waals surface area contributed by atoms with E-state index in [1.54, 1.807) is 47.4 Å². The van der Waals surface area contributed by atoms with Gasteiger partial charge in [-0.15, -0.1) is 0 Å². The van der Waals surface area contributed by atoms with Crippen molar-refractivity contribution in [2.75, 3.05) is 23.6 Å². The third kappa shape index (κ3) is 3.48. The number of carboxylic acid groups (broad SMARTS) is 1. The van der Waals surface area contributed by atoms with E-state index in [1.165, 1.54) is 0 Å². The van der Waals surface area contributed by atoms with E-state index in [0.29, 0.717) is 28.5 Å². The molecule has 31 heavy (non-hydrogen) atoms. The van der Waals surface area contributed by atoms with Gasteiger partial charge in [-0.3, -0.25) is 9.69 Å². The van der Waals surface area contributed by atoms with Crippen LogP contribution in [0.1, 0.15) is 22.1 Å². The normalized spacial score (nSPS) is 16.5. The molecule has 0 saturated carbocycles. The quantitative estimate of drug-likeness (QED) is 0.653. The van der Waals surface area contributed by atoms with Crippen LogP contribution in [0, 0.1) is 0 Å². The Kier molecular flexibility index (Phi) is 4.59. The van der Waals surface area contributed by atoms with Gasteiger partial charge in [-0.1, -0.05) is 24.3 Å². The summed E-state index contributed by atoms with van der Waals surface area (Å²) in [6, 6.07) is 19.7. The Morgan fingerprint density at radius 3 is 2.65 bits per heavy atom. The molecule has 3 aromatic carbocycles. The summed E-state index contributed by atoms with van der Waals surface area (Å²) >= 11 is 0. The lowest BCUT2D eigenvalue weighted by Gasteiger charge is -2.38. The molecule has 5 rings (SSSR count). The molecule has 8 nitrogen and oxygen atoms in total. The van der Waals surface area contributed by atoms with Crippen LogP contribution in [0.4, 0.5) is 11.4 Å². The Morgan fingerprint density at radius 2 is 1.84 bits per heavy atom. The van der Waals surface area contributed by atoms with Crippen LogP contribution in [0.2, 0.25) is 0 Å². The number of hydrogen-bond acceptors (Lipinski definition) is 6. The van der Waals surface area contributed by atoms with Crippen LogP contribution in [0.25, 0.3) is 0 Å². The number of carboxylic acids is 1. The summed E-state index contributed by atoms with van der Waals surface area (Å²) in [4.78, 5) is 25.9. The zero-order valence-electron chi connectivity index (χ0n) is 16.3. The number of amides is 1. The van der Waals surface area contributed by atoms with Gasteiger partial charge in [-0.05, 0) is 42.0 Å². The largest absolute Gasteiger partial charge is 0.482 e. The van der Waals surface area contributed by atoms with Crippen LogP contribution in [-0.4, -0.2) is 30.4 Å². The fourth-order valence-corrected chi connectivity index (χ4v) is 3.68. The van der Waals surface area contributed by atoms with Crippen molar-refractivity contribution < 1.29 is 28.9 Å². The van der Waals surface area contributed by atoms with E-state index < -0.39 is 18.7 Å². The molecule has 0 aliphatic carbocycles. The molecule has 0 aromatic heterocycles. The summed E-state index contributed by atoms with van der Waals surface area (Å²) in [6.45, 7) is -0.273. The molecule has 2 N–H and O–H groups in total. The van der Waals surface area contributed by atoms with E-state index in [0.717, 1.165) is 11.3 Å². The molecule has 0 fully saturated rings. The minimum absolute atomic E-state index is 0.148. The van der Waals surface area contributed by atoms with Crippen LogP contribution in [0.5, 0.6) is 17.2 Å². The van der Waals surface area contributed by atoms with Crippen LogP contribution in [0.3, 0.4) is 0 Å². The maximum Gasteiger partial charge on any atom is 0.341 e. The molecule has 0 spiro atoms. The number of fused-ring (bicyclic) bond motifs is 2. The van der Waals surface area contributed by atoms with E-state index in [2.05, 4.69) is 5.32 Å².